The molecule has 0 bridgehead atoms. The molecule has 0 radical (unpaired) electrons. The highest BCUT2D eigenvalue weighted by Crippen LogP contribution is 2.20. The molecule has 122 valence electrons. The molecule has 24 heavy (non-hydrogen) atoms. The lowest BCUT2D eigenvalue weighted by Crippen LogP contribution is -2.47. The summed E-state index contributed by atoms with van der Waals surface area (Å²) >= 11 is 3.36. The number of furan rings is 1. The molecule has 3 aromatic rings. The first kappa shape index (κ1) is 15.1. The first-order valence-corrected chi connectivity index (χ1v) is 8.44. The average Bonchev–Trinajstić information content (AvgIpc) is 3.17. The second-order valence-electron chi connectivity index (χ2n) is 5.43. The third-order valence-corrected chi connectivity index (χ3v) is 4.33. The van der Waals surface area contributed by atoms with Gasteiger partial charge in [0.05, 0.1) is 10.7 Å². The number of aromatic nitrogens is 4. The van der Waals surface area contributed by atoms with Crippen molar-refractivity contribution in [3.63, 3.8) is 0 Å². The number of piperazine rings is 1. The van der Waals surface area contributed by atoms with Gasteiger partial charge in [-0.15, -0.1) is 10.2 Å². The van der Waals surface area contributed by atoms with E-state index in [1.54, 1.807) is 18.7 Å². The Morgan fingerprint density at radius 2 is 1.67 bits per heavy atom. The fraction of sp³-hybridized carbons (Fsp3) is 0.250. The second-order valence-corrected chi connectivity index (χ2v) is 6.35. The zero-order valence-corrected chi connectivity index (χ0v) is 14.4. The quantitative estimate of drug-likeness (QED) is 0.684. The first-order valence-electron chi connectivity index (χ1n) is 7.65. The lowest BCUT2D eigenvalue weighted by atomic mass is 10.3. The van der Waals surface area contributed by atoms with Gasteiger partial charge in [0.25, 0.3) is 0 Å². The summed E-state index contributed by atoms with van der Waals surface area (Å²) < 4.78 is 6.22. The molecule has 1 saturated heterocycles. The zero-order chi connectivity index (χ0) is 16.4. The molecular weight excluding hydrogens is 372 g/mol. The Hall–Kier alpha value is -2.48. The second kappa shape index (κ2) is 6.56. The molecule has 4 rings (SSSR count). The molecule has 0 saturated carbocycles. The number of halogens is 1. The van der Waals surface area contributed by atoms with Crippen LogP contribution in [0.25, 0.3) is 11.5 Å². The predicted octanol–water partition coefficient (Wildman–Crippen LogP) is 2.62. The number of nitrogens with zero attached hydrogens (tertiary/aromatic N) is 6. The Bertz CT molecular complexity index is 782. The van der Waals surface area contributed by atoms with Crippen LogP contribution in [0.5, 0.6) is 0 Å². The molecule has 0 atom stereocenters. The Morgan fingerprint density at radius 3 is 2.29 bits per heavy atom. The van der Waals surface area contributed by atoms with E-state index < -0.39 is 0 Å². The molecule has 1 fully saturated rings. The van der Waals surface area contributed by atoms with E-state index in [1.165, 1.54) is 0 Å². The molecule has 0 spiro atoms. The van der Waals surface area contributed by atoms with E-state index in [9.17, 15) is 0 Å². The Morgan fingerprint density at radius 1 is 0.917 bits per heavy atom. The molecule has 0 aliphatic carbocycles. The zero-order valence-electron chi connectivity index (χ0n) is 12.8. The van der Waals surface area contributed by atoms with Crippen molar-refractivity contribution in [2.45, 2.75) is 0 Å². The minimum atomic E-state index is 0.728. The van der Waals surface area contributed by atoms with E-state index in [0.717, 1.165) is 53.9 Å². The lowest BCUT2D eigenvalue weighted by molar-refractivity contribution is 0.578. The molecular formula is C16H15BrN6O. The smallest absolute Gasteiger partial charge is 0.225 e. The van der Waals surface area contributed by atoms with Gasteiger partial charge in [0.15, 0.2) is 11.6 Å². The van der Waals surface area contributed by atoms with Crippen LogP contribution in [0, 0.1) is 0 Å². The summed E-state index contributed by atoms with van der Waals surface area (Å²) in [5.41, 5.74) is 0.741. The fourth-order valence-corrected chi connectivity index (χ4v) is 2.86. The molecule has 1 aliphatic heterocycles. The Kier molecular flexibility index (Phi) is 4.12. The van der Waals surface area contributed by atoms with Crippen LogP contribution in [0.4, 0.5) is 11.8 Å². The van der Waals surface area contributed by atoms with Gasteiger partial charge in [0.1, 0.15) is 5.69 Å². The summed E-state index contributed by atoms with van der Waals surface area (Å²) in [6, 6.07) is 7.64. The van der Waals surface area contributed by atoms with Gasteiger partial charge in [-0.2, -0.15) is 0 Å². The van der Waals surface area contributed by atoms with Gasteiger partial charge in [-0.25, -0.2) is 9.97 Å². The fourth-order valence-electron chi connectivity index (χ4n) is 2.65. The third kappa shape index (κ3) is 3.09. The van der Waals surface area contributed by atoms with Crippen LogP contribution < -0.4 is 9.80 Å². The largest absolute Gasteiger partial charge is 0.463 e. The van der Waals surface area contributed by atoms with E-state index in [2.05, 4.69) is 45.9 Å². The van der Waals surface area contributed by atoms with Gasteiger partial charge in [-0.1, -0.05) is 0 Å². The van der Waals surface area contributed by atoms with Crippen LogP contribution in [-0.4, -0.2) is 46.3 Å². The minimum absolute atomic E-state index is 0.728. The highest BCUT2D eigenvalue weighted by atomic mass is 79.9. The molecule has 3 aromatic heterocycles. The topological polar surface area (TPSA) is 71.2 Å². The molecule has 7 nitrogen and oxygen atoms in total. The highest BCUT2D eigenvalue weighted by molar-refractivity contribution is 9.10. The van der Waals surface area contributed by atoms with Crippen LogP contribution in [0.2, 0.25) is 0 Å². The van der Waals surface area contributed by atoms with E-state index in [-0.39, 0.29) is 0 Å². The van der Waals surface area contributed by atoms with Gasteiger partial charge >= 0.3 is 0 Å². The maximum Gasteiger partial charge on any atom is 0.225 e. The maximum absolute atomic E-state index is 5.34. The highest BCUT2D eigenvalue weighted by Gasteiger charge is 2.20. The van der Waals surface area contributed by atoms with Crippen LogP contribution in [0.15, 0.2) is 51.8 Å². The number of hydrogen-bond donors (Lipinski definition) is 0. The van der Waals surface area contributed by atoms with Crippen molar-refractivity contribution in [3.05, 3.63) is 47.4 Å². The van der Waals surface area contributed by atoms with E-state index >= 15 is 0 Å². The molecule has 1 aliphatic rings. The predicted molar refractivity (Wildman–Crippen MR) is 93.9 cm³/mol. The number of hydrogen-bond acceptors (Lipinski definition) is 7. The molecule has 4 heterocycles. The van der Waals surface area contributed by atoms with E-state index in [1.807, 2.05) is 24.3 Å². The van der Waals surface area contributed by atoms with Crippen molar-refractivity contribution in [1.29, 1.82) is 0 Å². The molecule has 0 unspecified atom stereocenters. The summed E-state index contributed by atoms with van der Waals surface area (Å²) in [7, 11) is 0. The summed E-state index contributed by atoms with van der Waals surface area (Å²) in [6.07, 6.45) is 5.18. The summed E-state index contributed by atoms with van der Waals surface area (Å²) in [5, 5.41) is 8.58. The van der Waals surface area contributed by atoms with Crippen molar-refractivity contribution < 1.29 is 4.42 Å². The van der Waals surface area contributed by atoms with Gasteiger partial charge in [-0.3, -0.25) is 0 Å². The third-order valence-electron chi connectivity index (χ3n) is 3.92. The first-order chi connectivity index (χ1) is 11.8. The maximum atomic E-state index is 5.34. The number of rotatable bonds is 3. The normalized spacial score (nSPS) is 14.9. The summed E-state index contributed by atoms with van der Waals surface area (Å²) in [4.78, 5) is 13.1. The Labute approximate surface area is 147 Å². The van der Waals surface area contributed by atoms with Gasteiger partial charge in [0.2, 0.25) is 5.95 Å². The van der Waals surface area contributed by atoms with Crippen LogP contribution >= 0.6 is 15.9 Å². The minimum Gasteiger partial charge on any atom is -0.463 e. The van der Waals surface area contributed by atoms with Crippen LogP contribution in [0.3, 0.4) is 0 Å². The van der Waals surface area contributed by atoms with Crippen molar-refractivity contribution in [2.24, 2.45) is 0 Å². The SMILES string of the molecule is Brc1cnc(N2CCN(c3ccc(-c4ccco4)nn3)CC2)nc1. The molecule has 0 aromatic carbocycles. The number of anilines is 2. The van der Waals surface area contributed by atoms with Crippen molar-refractivity contribution >= 4 is 27.7 Å². The van der Waals surface area contributed by atoms with Crippen LogP contribution in [0.1, 0.15) is 0 Å². The Balaban J connectivity index is 1.41. The molecule has 8 heteroatoms. The summed E-state index contributed by atoms with van der Waals surface area (Å²) in [6.45, 7) is 3.41. The summed E-state index contributed by atoms with van der Waals surface area (Å²) in [5.74, 6) is 2.37. The van der Waals surface area contributed by atoms with Crippen LogP contribution in [-0.2, 0) is 0 Å². The van der Waals surface area contributed by atoms with E-state index in [0.29, 0.717) is 0 Å². The van der Waals surface area contributed by atoms with Crippen molar-refractivity contribution in [3.8, 4) is 11.5 Å². The molecule has 0 N–H and O–H groups in total. The van der Waals surface area contributed by atoms with Gasteiger partial charge < -0.3 is 14.2 Å². The van der Waals surface area contributed by atoms with Gasteiger partial charge in [0, 0.05) is 38.6 Å². The monoisotopic (exact) mass is 386 g/mol. The standard InChI is InChI=1S/C16H15BrN6O/c17-12-10-18-16(19-11-12)23-7-5-22(6-8-23)15-4-3-13(20-21-15)14-2-1-9-24-14/h1-4,9-11H,5-8H2. The van der Waals surface area contributed by atoms with Crippen molar-refractivity contribution in [1.82, 2.24) is 20.2 Å². The van der Waals surface area contributed by atoms with E-state index in [4.69, 9.17) is 4.42 Å². The van der Waals surface area contributed by atoms with Crippen molar-refractivity contribution in [2.75, 3.05) is 36.0 Å². The van der Waals surface area contributed by atoms with Gasteiger partial charge in [-0.05, 0) is 40.2 Å². The molecule has 0 amide bonds. The average molecular weight is 387 g/mol. The lowest BCUT2D eigenvalue weighted by Gasteiger charge is -2.35.